The fourth-order valence-electron chi connectivity index (χ4n) is 2.60. The Morgan fingerprint density at radius 3 is 2.86 bits per heavy atom. The molecule has 1 amide bonds. The Bertz CT molecular complexity index is 612. The number of hydrogen-bond donors (Lipinski definition) is 0. The van der Waals surface area contributed by atoms with E-state index in [1.807, 2.05) is 35.2 Å². The van der Waals surface area contributed by atoms with Gasteiger partial charge in [0, 0.05) is 22.3 Å². The van der Waals surface area contributed by atoms with Crippen LogP contribution in [0.5, 0.6) is 0 Å². The lowest BCUT2D eigenvalue weighted by atomic mass is 10.1. The molecule has 1 aromatic carbocycles. The fourth-order valence-corrected chi connectivity index (χ4v) is 3.57. The number of rotatable bonds is 4. The number of carbonyl (C=O) groups is 1. The second-order valence-corrected chi connectivity index (χ2v) is 7.28. The van der Waals surface area contributed by atoms with Gasteiger partial charge in [0.2, 0.25) is 5.91 Å². The molecule has 0 aliphatic carbocycles. The molecule has 1 unspecified atom stereocenters. The third kappa shape index (κ3) is 3.97. The zero-order chi connectivity index (χ0) is 15.4. The molecule has 1 aliphatic heterocycles. The van der Waals surface area contributed by atoms with Crippen LogP contribution in [0.4, 0.5) is 0 Å². The molecule has 0 saturated carbocycles. The average molecular weight is 380 g/mol. The topological polar surface area (TPSA) is 29.5 Å². The second-order valence-electron chi connectivity index (χ2n) is 5.33. The van der Waals surface area contributed by atoms with Crippen LogP contribution < -0.4 is 0 Å². The lowest BCUT2D eigenvalue weighted by molar-refractivity contribution is -0.139. The molecule has 3 nitrogen and oxygen atoms in total. The molecule has 1 saturated heterocycles. The third-order valence-corrected chi connectivity index (χ3v) is 5.29. The first-order valence-electron chi connectivity index (χ1n) is 7.39. The van der Waals surface area contributed by atoms with Crippen molar-refractivity contribution >= 4 is 33.2 Å². The van der Waals surface area contributed by atoms with Gasteiger partial charge in [-0.2, -0.15) is 0 Å². The van der Waals surface area contributed by atoms with Crippen LogP contribution in [-0.4, -0.2) is 30.5 Å². The summed E-state index contributed by atoms with van der Waals surface area (Å²) in [5, 5.41) is 2.05. The highest BCUT2D eigenvalue weighted by atomic mass is 79.9. The summed E-state index contributed by atoms with van der Waals surface area (Å²) in [6.07, 6.45) is 1.39. The standard InChI is InChI=1S/C17H18BrNO2S/c18-14-5-3-13(4-6-14)16-12-19(9-10-21-16)17(20)8-7-15-2-1-11-22-15/h1-6,11,16H,7-10,12H2. The van der Waals surface area contributed by atoms with E-state index in [4.69, 9.17) is 4.74 Å². The van der Waals surface area contributed by atoms with Crippen molar-refractivity contribution in [3.05, 3.63) is 56.7 Å². The van der Waals surface area contributed by atoms with Crippen LogP contribution in [0.25, 0.3) is 0 Å². The molecule has 0 bridgehead atoms. The van der Waals surface area contributed by atoms with Crippen LogP contribution >= 0.6 is 27.3 Å². The Hall–Kier alpha value is -1.17. The van der Waals surface area contributed by atoms with Crippen molar-refractivity contribution in [1.29, 1.82) is 0 Å². The molecule has 0 spiro atoms. The Morgan fingerprint density at radius 1 is 1.32 bits per heavy atom. The molecular formula is C17H18BrNO2S. The van der Waals surface area contributed by atoms with E-state index < -0.39 is 0 Å². The first-order valence-corrected chi connectivity index (χ1v) is 9.07. The molecule has 1 fully saturated rings. The zero-order valence-electron chi connectivity index (χ0n) is 12.2. The number of morpholine rings is 1. The fraction of sp³-hybridized carbons (Fsp3) is 0.353. The van der Waals surface area contributed by atoms with E-state index in [0.717, 1.165) is 16.5 Å². The van der Waals surface area contributed by atoms with Gasteiger partial charge in [-0.15, -0.1) is 11.3 Å². The highest BCUT2D eigenvalue weighted by Gasteiger charge is 2.25. The minimum absolute atomic E-state index is 0.0208. The number of benzene rings is 1. The molecule has 2 aromatic rings. The van der Waals surface area contributed by atoms with Crippen molar-refractivity contribution in [2.24, 2.45) is 0 Å². The summed E-state index contributed by atoms with van der Waals surface area (Å²) in [6.45, 7) is 1.94. The summed E-state index contributed by atoms with van der Waals surface area (Å²) in [5.74, 6) is 0.221. The van der Waals surface area contributed by atoms with E-state index >= 15 is 0 Å². The minimum atomic E-state index is -0.0208. The van der Waals surface area contributed by atoms with Crippen molar-refractivity contribution in [1.82, 2.24) is 4.90 Å². The molecule has 22 heavy (non-hydrogen) atoms. The van der Waals surface area contributed by atoms with Crippen molar-refractivity contribution in [3.63, 3.8) is 0 Å². The normalized spacial score (nSPS) is 18.4. The third-order valence-electron chi connectivity index (χ3n) is 3.83. The largest absolute Gasteiger partial charge is 0.370 e. The van der Waals surface area contributed by atoms with Gasteiger partial charge in [-0.05, 0) is 35.6 Å². The van der Waals surface area contributed by atoms with E-state index in [9.17, 15) is 4.79 Å². The van der Waals surface area contributed by atoms with E-state index in [1.54, 1.807) is 11.3 Å². The Balaban J connectivity index is 1.57. The number of ether oxygens (including phenoxy) is 1. The highest BCUT2D eigenvalue weighted by molar-refractivity contribution is 9.10. The molecule has 1 aliphatic rings. The van der Waals surface area contributed by atoms with Gasteiger partial charge in [0.05, 0.1) is 13.2 Å². The summed E-state index contributed by atoms with van der Waals surface area (Å²) < 4.78 is 6.88. The minimum Gasteiger partial charge on any atom is -0.370 e. The Kier molecular flexibility index (Phi) is 5.28. The van der Waals surface area contributed by atoms with Gasteiger partial charge in [0.15, 0.2) is 0 Å². The molecule has 1 aromatic heterocycles. The number of thiophene rings is 1. The van der Waals surface area contributed by atoms with Crippen LogP contribution in [0.2, 0.25) is 0 Å². The van der Waals surface area contributed by atoms with Crippen LogP contribution in [0.3, 0.4) is 0 Å². The lowest BCUT2D eigenvalue weighted by Gasteiger charge is -2.33. The summed E-state index contributed by atoms with van der Waals surface area (Å²) in [5.41, 5.74) is 1.12. The van der Waals surface area contributed by atoms with E-state index in [2.05, 4.69) is 27.4 Å². The summed E-state index contributed by atoms with van der Waals surface area (Å²) in [6, 6.07) is 12.2. The van der Waals surface area contributed by atoms with Crippen molar-refractivity contribution in [2.45, 2.75) is 18.9 Å². The summed E-state index contributed by atoms with van der Waals surface area (Å²) in [7, 11) is 0. The first kappa shape index (κ1) is 15.7. The monoisotopic (exact) mass is 379 g/mol. The van der Waals surface area contributed by atoms with E-state index in [1.165, 1.54) is 4.88 Å². The molecule has 5 heteroatoms. The van der Waals surface area contributed by atoms with Crippen LogP contribution in [-0.2, 0) is 16.0 Å². The average Bonchev–Trinajstić information content (AvgIpc) is 3.07. The molecule has 116 valence electrons. The van der Waals surface area contributed by atoms with Gasteiger partial charge < -0.3 is 9.64 Å². The van der Waals surface area contributed by atoms with E-state index in [-0.39, 0.29) is 12.0 Å². The molecule has 3 rings (SSSR count). The summed E-state index contributed by atoms with van der Waals surface area (Å²) in [4.78, 5) is 15.6. The maximum atomic E-state index is 12.4. The van der Waals surface area contributed by atoms with Crippen LogP contribution in [0, 0.1) is 0 Å². The number of nitrogens with zero attached hydrogens (tertiary/aromatic N) is 1. The maximum Gasteiger partial charge on any atom is 0.223 e. The number of hydrogen-bond acceptors (Lipinski definition) is 3. The van der Waals surface area contributed by atoms with Gasteiger partial charge in [0.25, 0.3) is 0 Å². The van der Waals surface area contributed by atoms with Crippen LogP contribution in [0.1, 0.15) is 23.0 Å². The Labute approximate surface area is 143 Å². The van der Waals surface area contributed by atoms with Crippen LogP contribution in [0.15, 0.2) is 46.3 Å². The van der Waals surface area contributed by atoms with E-state index in [0.29, 0.717) is 26.1 Å². The first-order chi connectivity index (χ1) is 10.7. The molecular weight excluding hydrogens is 362 g/mol. The quantitative estimate of drug-likeness (QED) is 0.801. The van der Waals surface area contributed by atoms with Gasteiger partial charge in [-0.1, -0.05) is 34.1 Å². The smallest absolute Gasteiger partial charge is 0.223 e. The highest BCUT2D eigenvalue weighted by Crippen LogP contribution is 2.24. The number of carbonyl (C=O) groups excluding carboxylic acids is 1. The molecule has 2 heterocycles. The Morgan fingerprint density at radius 2 is 2.14 bits per heavy atom. The summed E-state index contributed by atoms with van der Waals surface area (Å²) >= 11 is 5.15. The van der Waals surface area contributed by atoms with Crippen molar-refractivity contribution < 1.29 is 9.53 Å². The van der Waals surface area contributed by atoms with Crippen molar-refractivity contribution in [2.75, 3.05) is 19.7 Å². The van der Waals surface area contributed by atoms with Gasteiger partial charge in [-0.3, -0.25) is 4.79 Å². The molecule has 0 radical (unpaired) electrons. The molecule has 0 N–H and O–H groups in total. The second kappa shape index (κ2) is 7.40. The zero-order valence-corrected chi connectivity index (χ0v) is 14.6. The predicted octanol–water partition coefficient (Wildman–Crippen LogP) is 4.04. The van der Waals surface area contributed by atoms with Gasteiger partial charge in [-0.25, -0.2) is 0 Å². The van der Waals surface area contributed by atoms with Gasteiger partial charge in [0.1, 0.15) is 6.10 Å². The van der Waals surface area contributed by atoms with Crippen molar-refractivity contribution in [3.8, 4) is 0 Å². The number of aryl methyl sites for hydroxylation is 1. The number of amides is 1. The predicted molar refractivity (Wildman–Crippen MR) is 92.1 cm³/mol. The van der Waals surface area contributed by atoms with Gasteiger partial charge >= 0.3 is 0 Å². The SMILES string of the molecule is O=C(CCc1cccs1)N1CCOC(c2ccc(Br)cc2)C1. The maximum absolute atomic E-state index is 12.4. The lowest BCUT2D eigenvalue weighted by Crippen LogP contribution is -2.42. The molecule has 1 atom stereocenters. The number of halogens is 1.